The lowest BCUT2D eigenvalue weighted by Gasteiger charge is -2.15. The zero-order chi connectivity index (χ0) is 12.1. The Kier molecular flexibility index (Phi) is 3.98. The molecule has 1 atom stereocenters. The van der Waals surface area contributed by atoms with E-state index in [2.05, 4.69) is 34.6 Å². The van der Waals surface area contributed by atoms with E-state index in [0.717, 1.165) is 6.42 Å². The average Bonchev–Trinajstić information content (AvgIpc) is 2.84. The number of benzene rings is 1. The molecule has 2 rings (SSSR count). The van der Waals surface area contributed by atoms with E-state index in [4.69, 9.17) is 16.0 Å². The summed E-state index contributed by atoms with van der Waals surface area (Å²) in [6.07, 6.45) is 0.933. The van der Waals surface area contributed by atoms with Crippen LogP contribution in [0.4, 0.5) is 6.01 Å². The van der Waals surface area contributed by atoms with Crippen LogP contribution in [0.25, 0.3) is 0 Å². The molecule has 1 unspecified atom stereocenters. The minimum atomic E-state index is 0.167. The zero-order valence-corrected chi connectivity index (χ0v) is 10.3. The van der Waals surface area contributed by atoms with Crippen molar-refractivity contribution < 1.29 is 4.42 Å². The van der Waals surface area contributed by atoms with Gasteiger partial charge in [0, 0.05) is 0 Å². The van der Waals surface area contributed by atoms with E-state index < -0.39 is 0 Å². The van der Waals surface area contributed by atoms with E-state index in [1.165, 1.54) is 5.56 Å². The summed E-state index contributed by atoms with van der Waals surface area (Å²) in [5.41, 5.74) is 1.20. The fraction of sp³-hybridized carbons (Fsp3) is 0.333. The van der Waals surface area contributed by atoms with Gasteiger partial charge in [0.15, 0.2) is 0 Å². The Balaban J connectivity index is 2.10. The Morgan fingerprint density at radius 2 is 2.06 bits per heavy atom. The maximum absolute atomic E-state index is 5.60. The Bertz CT molecular complexity index is 458. The Labute approximate surface area is 105 Å². The molecular formula is C12H14ClN3O. The SMILES string of the molecule is CCC(Nc1nnc(CCl)o1)c1ccccc1. The van der Waals surface area contributed by atoms with Crippen molar-refractivity contribution in [3.8, 4) is 0 Å². The number of hydrogen-bond donors (Lipinski definition) is 1. The van der Waals surface area contributed by atoms with Crippen molar-refractivity contribution in [1.82, 2.24) is 10.2 Å². The van der Waals surface area contributed by atoms with Gasteiger partial charge in [0.25, 0.3) is 0 Å². The van der Waals surface area contributed by atoms with Gasteiger partial charge in [0.05, 0.1) is 6.04 Å². The van der Waals surface area contributed by atoms with Crippen molar-refractivity contribution >= 4 is 17.6 Å². The molecule has 0 saturated carbocycles. The highest BCUT2D eigenvalue weighted by Crippen LogP contribution is 2.21. The van der Waals surface area contributed by atoms with Crippen LogP contribution in [0.3, 0.4) is 0 Å². The van der Waals surface area contributed by atoms with Crippen molar-refractivity contribution in [2.24, 2.45) is 0 Å². The average molecular weight is 252 g/mol. The summed E-state index contributed by atoms with van der Waals surface area (Å²) in [7, 11) is 0. The third-order valence-corrected chi connectivity index (χ3v) is 2.72. The second kappa shape index (κ2) is 5.68. The highest BCUT2D eigenvalue weighted by molar-refractivity contribution is 6.16. The first-order chi connectivity index (χ1) is 8.33. The number of rotatable bonds is 5. The van der Waals surface area contributed by atoms with Gasteiger partial charge >= 0.3 is 6.01 Å². The molecule has 0 aliphatic carbocycles. The standard InChI is InChI=1S/C12H14ClN3O/c1-2-10(9-6-4-3-5-7-9)14-12-16-15-11(8-13)17-12/h3-7,10H,2,8H2,1H3,(H,14,16). The molecule has 2 aromatic rings. The first-order valence-electron chi connectivity index (χ1n) is 5.53. The summed E-state index contributed by atoms with van der Waals surface area (Å²) in [5, 5.41) is 10.9. The lowest BCUT2D eigenvalue weighted by Crippen LogP contribution is -2.09. The molecule has 17 heavy (non-hydrogen) atoms. The number of halogens is 1. The Hall–Kier alpha value is -1.55. The first kappa shape index (κ1) is 11.9. The monoisotopic (exact) mass is 251 g/mol. The maximum Gasteiger partial charge on any atom is 0.315 e. The van der Waals surface area contributed by atoms with E-state index in [9.17, 15) is 0 Å². The number of nitrogens with zero attached hydrogens (tertiary/aromatic N) is 2. The summed E-state index contributed by atoms with van der Waals surface area (Å²) in [5.74, 6) is 0.661. The van der Waals surface area contributed by atoms with E-state index in [0.29, 0.717) is 11.9 Å². The van der Waals surface area contributed by atoms with E-state index in [1.807, 2.05) is 18.2 Å². The molecule has 1 N–H and O–H groups in total. The molecule has 1 heterocycles. The van der Waals surface area contributed by atoms with Gasteiger partial charge in [-0.1, -0.05) is 42.4 Å². The minimum absolute atomic E-state index is 0.167. The molecule has 0 aliphatic rings. The third kappa shape index (κ3) is 2.97. The molecule has 0 saturated heterocycles. The molecule has 0 aliphatic heterocycles. The number of aromatic nitrogens is 2. The van der Waals surface area contributed by atoms with Gasteiger partial charge in [-0.15, -0.1) is 16.7 Å². The fourth-order valence-corrected chi connectivity index (χ4v) is 1.73. The molecule has 1 aromatic heterocycles. The predicted octanol–water partition coefficient (Wildman–Crippen LogP) is 3.37. The van der Waals surface area contributed by atoms with Crippen molar-refractivity contribution in [3.63, 3.8) is 0 Å². The topological polar surface area (TPSA) is 51.0 Å². The van der Waals surface area contributed by atoms with Gasteiger partial charge in [-0.05, 0) is 12.0 Å². The molecule has 5 heteroatoms. The molecule has 0 amide bonds. The predicted molar refractivity (Wildman–Crippen MR) is 67.0 cm³/mol. The van der Waals surface area contributed by atoms with Crippen molar-refractivity contribution in [2.45, 2.75) is 25.3 Å². The lowest BCUT2D eigenvalue weighted by atomic mass is 10.1. The van der Waals surface area contributed by atoms with Crippen LogP contribution in [0, 0.1) is 0 Å². The van der Waals surface area contributed by atoms with Crippen LogP contribution >= 0.6 is 11.6 Å². The molecule has 0 radical (unpaired) electrons. The normalized spacial score (nSPS) is 12.4. The number of hydrogen-bond acceptors (Lipinski definition) is 4. The number of nitrogens with one attached hydrogen (secondary N) is 1. The van der Waals surface area contributed by atoms with E-state index in [1.54, 1.807) is 0 Å². The summed E-state index contributed by atoms with van der Waals surface area (Å²) >= 11 is 5.60. The van der Waals surface area contributed by atoms with Crippen LogP contribution in [0.5, 0.6) is 0 Å². The van der Waals surface area contributed by atoms with Crippen molar-refractivity contribution in [3.05, 3.63) is 41.8 Å². The summed E-state index contributed by atoms with van der Waals surface area (Å²) in [6, 6.07) is 10.7. The summed E-state index contributed by atoms with van der Waals surface area (Å²) in [6.45, 7) is 2.10. The van der Waals surface area contributed by atoms with Crippen LogP contribution in [0.1, 0.15) is 30.8 Å². The van der Waals surface area contributed by atoms with Crippen molar-refractivity contribution in [1.29, 1.82) is 0 Å². The number of anilines is 1. The van der Waals surface area contributed by atoms with Gasteiger partial charge in [0.2, 0.25) is 5.89 Å². The van der Waals surface area contributed by atoms with Crippen LogP contribution in [-0.4, -0.2) is 10.2 Å². The smallest absolute Gasteiger partial charge is 0.315 e. The van der Waals surface area contributed by atoms with Crippen LogP contribution in [0.2, 0.25) is 0 Å². The largest absolute Gasteiger partial charge is 0.407 e. The Morgan fingerprint density at radius 3 is 2.65 bits per heavy atom. The van der Waals surface area contributed by atoms with Gasteiger partial charge in [-0.3, -0.25) is 0 Å². The highest BCUT2D eigenvalue weighted by Gasteiger charge is 2.12. The molecule has 0 spiro atoms. The summed E-state index contributed by atoms with van der Waals surface area (Å²) < 4.78 is 5.32. The van der Waals surface area contributed by atoms with Gasteiger partial charge in [-0.25, -0.2) is 0 Å². The molecule has 90 valence electrons. The molecule has 0 fully saturated rings. The highest BCUT2D eigenvalue weighted by atomic mass is 35.5. The van der Waals surface area contributed by atoms with E-state index >= 15 is 0 Å². The fourth-order valence-electron chi connectivity index (χ4n) is 1.62. The molecule has 0 bridgehead atoms. The van der Waals surface area contributed by atoms with Gasteiger partial charge < -0.3 is 9.73 Å². The quantitative estimate of drug-likeness (QED) is 0.828. The second-order valence-electron chi connectivity index (χ2n) is 3.65. The second-order valence-corrected chi connectivity index (χ2v) is 3.92. The van der Waals surface area contributed by atoms with E-state index in [-0.39, 0.29) is 11.9 Å². The van der Waals surface area contributed by atoms with Gasteiger partial charge in [-0.2, -0.15) is 0 Å². The number of alkyl halides is 1. The van der Waals surface area contributed by atoms with Crippen LogP contribution < -0.4 is 5.32 Å². The van der Waals surface area contributed by atoms with Crippen LogP contribution in [0.15, 0.2) is 34.7 Å². The lowest BCUT2D eigenvalue weighted by molar-refractivity contribution is 0.516. The zero-order valence-electron chi connectivity index (χ0n) is 9.56. The minimum Gasteiger partial charge on any atom is -0.407 e. The van der Waals surface area contributed by atoms with Crippen LogP contribution in [-0.2, 0) is 5.88 Å². The molecular weight excluding hydrogens is 238 g/mol. The third-order valence-electron chi connectivity index (χ3n) is 2.49. The molecule has 1 aromatic carbocycles. The first-order valence-corrected chi connectivity index (χ1v) is 6.06. The Morgan fingerprint density at radius 1 is 1.29 bits per heavy atom. The maximum atomic E-state index is 5.60. The summed E-state index contributed by atoms with van der Waals surface area (Å²) in [4.78, 5) is 0. The van der Waals surface area contributed by atoms with Crippen molar-refractivity contribution in [2.75, 3.05) is 5.32 Å². The van der Waals surface area contributed by atoms with Gasteiger partial charge in [0.1, 0.15) is 5.88 Å². The molecule has 4 nitrogen and oxygen atoms in total.